The maximum Gasteiger partial charge on any atom is 0.255 e. The third kappa shape index (κ3) is 4.71. The fourth-order valence-corrected chi connectivity index (χ4v) is 4.05. The summed E-state index contributed by atoms with van der Waals surface area (Å²) in [5.74, 6) is 0.0370. The number of aromatic nitrogens is 1. The molecule has 132 valence electrons. The molecule has 0 aliphatic carbocycles. The molecule has 3 rings (SSSR count). The molecular weight excluding hydrogens is 366 g/mol. The van der Waals surface area contributed by atoms with E-state index in [2.05, 4.69) is 10.3 Å². The Morgan fingerprint density at radius 2 is 1.92 bits per heavy atom. The number of aryl methyl sites for hydroxylation is 1. The largest absolute Gasteiger partial charge is 0.366 e. The van der Waals surface area contributed by atoms with Gasteiger partial charge in [0.2, 0.25) is 5.91 Å². The van der Waals surface area contributed by atoms with Gasteiger partial charge in [-0.3, -0.25) is 9.59 Å². The van der Waals surface area contributed by atoms with E-state index < -0.39 is 5.91 Å². The first-order chi connectivity index (χ1) is 12.5. The number of rotatable bonds is 6. The molecule has 0 aliphatic heterocycles. The lowest BCUT2D eigenvalue weighted by molar-refractivity contribution is 0.0996. The zero-order valence-corrected chi connectivity index (χ0v) is 15.7. The van der Waals surface area contributed by atoms with Gasteiger partial charge < -0.3 is 11.1 Å². The third-order valence-corrected chi connectivity index (χ3v) is 5.79. The highest BCUT2D eigenvalue weighted by Crippen LogP contribution is 2.26. The van der Waals surface area contributed by atoms with Gasteiger partial charge in [-0.1, -0.05) is 30.0 Å². The summed E-state index contributed by atoms with van der Waals surface area (Å²) >= 11 is 3.31. The number of carbonyl (C=O) groups excluding carboxylic acids is 2. The zero-order chi connectivity index (χ0) is 18.5. The second kappa shape index (κ2) is 8.16. The van der Waals surface area contributed by atoms with Crippen LogP contribution in [0.25, 0.3) is 0 Å². The number of thiazole rings is 1. The van der Waals surface area contributed by atoms with Crippen molar-refractivity contribution in [2.75, 3.05) is 5.32 Å². The van der Waals surface area contributed by atoms with Crippen LogP contribution in [-0.2, 0) is 5.75 Å². The Labute approximate surface area is 159 Å². The summed E-state index contributed by atoms with van der Waals surface area (Å²) in [5, 5.41) is 4.80. The van der Waals surface area contributed by atoms with Gasteiger partial charge in [0, 0.05) is 33.6 Å². The number of hydrogen-bond donors (Lipinski definition) is 2. The first kappa shape index (κ1) is 18.2. The fraction of sp³-hybridized carbons (Fsp3) is 0.105. The standard InChI is InChI=1S/C19H17N3O2S2/c1-12-10-25-19(21-12)26-11-13-5-7-14(8-6-13)18(24)22-16-4-2-3-15(9-16)17(20)23/h2-10H,11H2,1H3,(H2,20,23)(H,22,24). The van der Waals surface area contributed by atoms with Gasteiger partial charge in [0.05, 0.1) is 0 Å². The summed E-state index contributed by atoms with van der Waals surface area (Å²) in [5.41, 5.74) is 8.84. The van der Waals surface area contributed by atoms with Crippen LogP contribution in [0.1, 0.15) is 32.0 Å². The van der Waals surface area contributed by atoms with Crippen LogP contribution in [0.3, 0.4) is 0 Å². The van der Waals surface area contributed by atoms with Crippen molar-refractivity contribution >= 4 is 40.6 Å². The Morgan fingerprint density at radius 3 is 2.58 bits per heavy atom. The minimum Gasteiger partial charge on any atom is -0.366 e. The van der Waals surface area contributed by atoms with E-state index in [1.54, 1.807) is 59.5 Å². The Hall–Kier alpha value is -2.64. The Bertz CT molecular complexity index is 936. The summed E-state index contributed by atoms with van der Waals surface area (Å²) in [6.07, 6.45) is 0. The number of hydrogen-bond acceptors (Lipinski definition) is 5. The quantitative estimate of drug-likeness (QED) is 0.628. The van der Waals surface area contributed by atoms with Crippen molar-refractivity contribution in [2.24, 2.45) is 5.73 Å². The molecule has 7 heteroatoms. The van der Waals surface area contributed by atoms with Crippen LogP contribution in [0.4, 0.5) is 5.69 Å². The number of nitrogens with zero attached hydrogens (tertiary/aromatic N) is 1. The van der Waals surface area contributed by atoms with Crippen molar-refractivity contribution in [3.05, 3.63) is 76.3 Å². The molecule has 26 heavy (non-hydrogen) atoms. The van der Waals surface area contributed by atoms with Crippen LogP contribution in [0, 0.1) is 6.92 Å². The average molecular weight is 383 g/mol. The lowest BCUT2D eigenvalue weighted by atomic mass is 10.1. The van der Waals surface area contributed by atoms with E-state index in [4.69, 9.17) is 5.73 Å². The summed E-state index contributed by atoms with van der Waals surface area (Å²) in [6.45, 7) is 1.98. The van der Waals surface area contributed by atoms with Gasteiger partial charge in [-0.05, 0) is 42.8 Å². The Kier molecular flexibility index (Phi) is 5.70. The van der Waals surface area contributed by atoms with Crippen LogP contribution in [-0.4, -0.2) is 16.8 Å². The lowest BCUT2D eigenvalue weighted by Gasteiger charge is -2.07. The van der Waals surface area contributed by atoms with E-state index in [-0.39, 0.29) is 5.91 Å². The number of benzene rings is 2. The summed E-state index contributed by atoms with van der Waals surface area (Å²) in [6, 6.07) is 14.0. The van der Waals surface area contributed by atoms with E-state index in [1.807, 2.05) is 24.4 Å². The maximum absolute atomic E-state index is 12.3. The van der Waals surface area contributed by atoms with Crippen molar-refractivity contribution in [1.82, 2.24) is 4.98 Å². The van der Waals surface area contributed by atoms with Crippen molar-refractivity contribution in [2.45, 2.75) is 17.0 Å². The number of primary amides is 1. The molecule has 0 atom stereocenters. The van der Waals surface area contributed by atoms with Crippen molar-refractivity contribution in [3.63, 3.8) is 0 Å². The molecule has 0 radical (unpaired) electrons. The van der Waals surface area contributed by atoms with Crippen LogP contribution < -0.4 is 11.1 Å². The van der Waals surface area contributed by atoms with Gasteiger partial charge in [-0.15, -0.1) is 11.3 Å². The average Bonchev–Trinajstić information content (AvgIpc) is 3.06. The predicted molar refractivity (Wildman–Crippen MR) is 106 cm³/mol. The van der Waals surface area contributed by atoms with Crippen LogP contribution >= 0.6 is 23.1 Å². The molecule has 2 amide bonds. The Balaban J connectivity index is 1.61. The minimum atomic E-state index is -0.529. The van der Waals surface area contributed by atoms with Crippen LogP contribution in [0.15, 0.2) is 58.3 Å². The highest BCUT2D eigenvalue weighted by atomic mass is 32.2. The smallest absolute Gasteiger partial charge is 0.255 e. The van der Waals surface area contributed by atoms with Crippen molar-refractivity contribution in [3.8, 4) is 0 Å². The molecule has 0 spiro atoms. The highest BCUT2D eigenvalue weighted by Gasteiger charge is 2.08. The summed E-state index contributed by atoms with van der Waals surface area (Å²) < 4.78 is 1.04. The van der Waals surface area contributed by atoms with Gasteiger partial charge in [0.25, 0.3) is 5.91 Å². The molecule has 1 heterocycles. The zero-order valence-electron chi connectivity index (χ0n) is 14.1. The number of anilines is 1. The summed E-state index contributed by atoms with van der Waals surface area (Å²) in [4.78, 5) is 28.0. The monoisotopic (exact) mass is 383 g/mol. The second-order valence-electron chi connectivity index (χ2n) is 5.64. The molecule has 1 aromatic heterocycles. The molecular formula is C19H17N3O2S2. The maximum atomic E-state index is 12.3. The van der Waals surface area contributed by atoms with Crippen LogP contribution in [0.5, 0.6) is 0 Å². The number of amides is 2. The first-order valence-corrected chi connectivity index (χ1v) is 9.73. The highest BCUT2D eigenvalue weighted by molar-refractivity contribution is 8.00. The molecule has 0 fully saturated rings. The van der Waals surface area contributed by atoms with Gasteiger partial charge in [0.15, 0.2) is 0 Å². The van der Waals surface area contributed by atoms with Gasteiger partial charge >= 0.3 is 0 Å². The predicted octanol–water partition coefficient (Wildman–Crippen LogP) is 4.10. The lowest BCUT2D eigenvalue weighted by Crippen LogP contribution is -2.14. The number of carbonyl (C=O) groups is 2. The number of thioether (sulfide) groups is 1. The number of nitrogens with two attached hydrogens (primary N) is 1. The molecule has 0 saturated heterocycles. The molecule has 0 unspecified atom stereocenters. The molecule has 2 aromatic carbocycles. The molecule has 3 N–H and O–H groups in total. The Morgan fingerprint density at radius 1 is 1.15 bits per heavy atom. The van der Waals surface area contributed by atoms with E-state index in [0.29, 0.717) is 16.8 Å². The van der Waals surface area contributed by atoms with Gasteiger partial charge in [0.1, 0.15) is 4.34 Å². The third-order valence-electron chi connectivity index (χ3n) is 3.58. The second-order valence-corrected chi connectivity index (χ2v) is 7.72. The van der Waals surface area contributed by atoms with E-state index in [0.717, 1.165) is 21.3 Å². The molecule has 0 bridgehead atoms. The SMILES string of the molecule is Cc1csc(SCc2ccc(C(=O)Nc3cccc(C(N)=O)c3)cc2)n1. The summed E-state index contributed by atoms with van der Waals surface area (Å²) in [7, 11) is 0. The first-order valence-electron chi connectivity index (χ1n) is 7.86. The van der Waals surface area contributed by atoms with E-state index >= 15 is 0 Å². The fourth-order valence-electron chi connectivity index (χ4n) is 2.25. The van der Waals surface area contributed by atoms with Gasteiger partial charge in [-0.2, -0.15) is 0 Å². The minimum absolute atomic E-state index is 0.235. The van der Waals surface area contributed by atoms with Crippen molar-refractivity contribution < 1.29 is 9.59 Å². The van der Waals surface area contributed by atoms with Crippen LogP contribution in [0.2, 0.25) is 0 Å². The molecule has 0 saturated carbocycles. The van der Waals surface area contributed by atoms with Gasteiger partial charge in [-0.25, -0.2) is 4.98 Å². The molecule has 5 nitrogen and oxygen atoms in total. The van der Waals surface area contributed by atoms with E-state index in [1.165, 1.54) is 0 Å². The normalized spacial score (nSPS) is 10.5. The number of nitrogens with one attached hydrogen (secondary N) is 1. The van der Waals surface area contributed by atoms with E-state index in [9.17, 15) is 9.59 Å². The van der Waals surface area contributed by atoms with Crippen molar-refractivity contribution in [1.29, 1.82) is 0 Å². The molecule has 3 aromatic rings. The molecule has 0 aliphatic rings. The topological polar surface area (TPSA) is 85.1 Å².